The molecule has 0 saturated heterocycles. The van der Waals surface area contributed by atoms with Gasteiger partial charge in [0.2, 0.25) is 11.9 Å². The molecule has 1 fully saturated rings. The van der Waals surface area contributed by atoms with E-state index in [1.54, 1.807) is 0 Å². The van der Waals surface area contributed by atoms with Crippen molar-refractivity contribution >= 4 is 23.6 Å². The molecule has 0 aliphatic heterocycles. The van der Waals surface area contributed by atoms with Crippen molar-refractivity contribution in [3.63, 3.8) is 0 Å². The first-order valence-corrected chi connectivity index (χ1v) is 10.9. The van der Waals surface area contributed by atoms with Crippen molar-refractivity contribution in [1.29, 1.82) is 5.26 Å². The van der Waals surface area contributed by atoms with E-state index in [-0.39, 0.29) is 53.3 Å². The molecule has 1 aliphatic rings. The third-order valence-corrected chi connectivity index (χ3v) is 5.87. The first-order chi connectivity index (χ1) is 17.6. The molecule has 2 amide bonds. The van der Waals surface area contributed by atoms with Crippen LogP contribution in [0.4, 0.5) is 25.2 Å². The number of rotatable bonds is 7. The smallest absolute Gasteiger partial charge is 0.413 e. The molecule has 2 N–H and O–H groups in total. The van der Waals surface area contributed by atoms with Gasteiger partial charge in [-0.2, -0.15) is 9.65 Å². The lowest BCUT2D eigenvalue weighted by Gasteiger charge is -2.39. The van der Waals surface area contributed by atoms with Gasteiger partial charge in [0.25, 0.3) is 0 Å². The summed E-state index contributed by atoms with van der Waals surface area (Å²) >= 11 is 0. The first kappa shape index (κ1) is 25.5. The highest BCUT2D eigenvalue weighted by molar-refractivity contribution is 5.92. The van der Waals surface area contributed by atoms with E-state index in [9.17, 15) is 18.4 Å². The second kappa shape index (κ2) is 10.2. The summed E-state index contributed by atoms with van der Waals surface area (Å²) in [6.07, 6.45) is 1.77. The number of hydrogen-bond donors (Lipinski definition) is 2. The van der Waals surface area contributed by atoms with Gasteiger partial charge >= 0.3 is 6.09 Å². The van der Waals surface area contributed by atoms with Gasteiger partial charge in [-0.15, -0.1) is 5.10 Å². The fourth-order valence-corrected chi connectivity index (χ4v) is 3.71. The summed E-state index contributed by atoms with van der Waals surface area (Å²) in [5, 5.41) is 22.1. The third kappa shape index (κ3) is 5.33. The number of nitriles is 1. The Morgan fingerprint density at radius 2 is 1.97 bits per heavy atom. The lowest BCUT2D eigenvalue weighted by molar-refractivity contribution is -0.132. The van der Waals surface area contributed by atoms with Crippen LogP contribution in [0.2, 0.25) is 0 Å². The van der Waals surface area contributed by atoms with Gasteiger partial charge in [-0.05, 0) is 13.0 Å². The quantitative estimate of drug-likeness (QED) is 0.448. The number of halogens is 2. The summed E-state index contributed by atoms with van der Waals surface area (Å²) in [5.41, 5.74) is -0.798. The van der Waals surface area contributed by atoms with Crippen LogP contribution in [0.25, 0.3) is 11.4 Å². The minimum absolute atomic E-state index is 0.100. The molecule has 3 aromatic rings. The Balaban J connectivity index is 1.40. The molecule has 0 aromatic carbocycles. The van der Waals surface area contributed by atoms with E-state index >= 15 is 0 Å². The van der Waals surface area contributed by atoms with Crippen molar-refractivity contribution in [3.05, 3.63) is 42.0 Å². The molecule has 15 heteroatoms. The minimum Gasteiger partial charge on any atom is -0.441 e. The van der Waals surface area contributed by atoms with Crippen molar-refractivity contribution in [2.24, 2.45) is 13.0 Å². The van der Waals surface area contributed by atoms with Crippen LogP contribution in [-0.4, -0.2) is 54.7 Å². The highest BCUT2D eigenvalue weighted by atomic mass is 19.1. The van der Waals surface area contributed by atoms with Gasteiger partial charge in [0, 0.05) is 32.9 Å². The van der Waals surface area contributed by atoms with Gasteiger partial charge in [-0.25, -0.2) is 28.8 Å². The first-order valence-electron chi connectivity index (χ1n) is 10.9. The van der Waals surface area contributed by atoms with Crippen molar-refractivity contribution in [2.75, 3.05) is 17.7 Å². The average molecular weight is 513 g/mol. The number of nitrogens with zero attached hydrogens (tertiary/aromatic N) is 7. The van der Waals surface area contributed by atoms with E-state index in [2.05, 4.69) is 42.0 Å². The molecule has 1 saturated carbocycles. The second-order valence-electron chi connectivity index (χ2n) is 8.31. The van der Waals surface area contributed by atoms with Crippen LogP contribution in [0.15, 0.2) is 24.7 Å². The Bertz CT molecular complexity index is 1370. The molecular formula is C22H21F2N9O4. The SMILES string of the molecule is COC1(C#N)CC(C(=O)Nc2cnc(-c3nnn(C)c3NC(=O)O[C@H](C)c3cc(F)cnc3F)cn2)C1. The van der Waals surface area contributed by atoms with Crippen LogP contribution in [-0.2, 0) is 21.3 Å². The largest absolute Gasteiger partial charge is 0.441 e. The average Bonchev–Trinajstić information content (AvgIpc) is 3.20. The molecule has 0 radical (unpaired) electrons. The number of hydrogen-bond acceptors (Lipinski definition) is 10. The van der Waals surface area contributed by atoms with E-state index in [4.69, 9.17) is 14.7 Å². The Hall–Kier alpha value is -4.58. The number of aryl methyl sites for hydroxylation is 1. The van der Waals surface area contributed by atoms with Crippen molar-refractivity contribution in [3.8, 4) is 17.5 Å². The minimum atomic E-state index is -1.15. The van der Waals surface area contributed by atoms with Crippen LogP contribution < -0.4 is 10.6 Å². The third-order valence-electron chi connectivity index (χ3n) is 5.87. The molecule has 0 unspecified atom stereocenters. The van der Waals surface area contributed by atoms with E-state index in [1.165, 1.54) is 38.2 Å². The molecule has 192 valence electrons. The Kier molecular flexibility index (Phi) is 7.02. The van der Waals surface area contributed by atoms with E-state index in [0.29, 0.717) is 6.20 Å². The number of methoxy groups -OCH3 is 1. The Morgan fingerprint density at radius 3 is 2.62 bits per heavy atom. The predicted molar refractivity (Wildman–Crippen MR) is 121 cm³/mol. The maximum atomic E-state index is 13.9. The molecule has 1 atom stereocenters. The highest BCUT2D eigenvalue weighted by Crippen LogP contribution is 2.40. The second-order valence-corrected chi connectivity index (χ2v) is 8.31. The van der Waals surface area contributed by atoms with Crippen molar-refractivity contribution in [1.82, 2.24) is 29.9 Å². The maximum Gasteiger partial charge on any atom is 0.413 e. The zero-order valence-electron chi connectivity index (χ0n) is 19.9. The monoisotopic (exact) mass is 513 g/mol. The number of carbonyl (C=O) groups excluding carboxylic acids is 2. The Morgan fingerprint density at radius 1 is 1.22 bits per heavy atom. The number of nitrogens with one attached hydrogen (secondary N) is 2. The molecule has 0 spiro atoms. The summed E-state index contributed by atoms with van der Waals surface area (Å²) < 4.78 is 38.8. The van der Waals surface area contributed by atoms with Crippen LogP contribution >= 0.6 is 0 Å². The highest BCUT2D eigenvalue weighted by Gasteiger charge is 2.48. The molecule has 3 aromatic heterocycles. The lowest BCUT2D eigenvalue weighted by Crippen LogP contribution is -2.48. The standard InChI is InChI=1S/C22H21F2N9O4/c1-11(14-4-13(23)7-28-18(14)24)37-21(35)30-19-17(31-32-33(19)2)15-8-27-16(9-26-15)29-20(34)12-5-22(6-12,10-25)36-3/h4,7-9,11-12H,5-6H2,1-3H3,(H,30,35)(H,27,29,34)/t11-,12?,22?/m1/s1. The van der Waals surface area contributed by atoms with Crippen LogP contribution in [0, 0.1) is 29.0 Å². The Labute approximate surface area is 208 Å². The lowest BCUT2D eigenvalue weighted by atomic mass is 9.71. The number of amides is 2. The molecule has 13 nitrogen and oxygen atoms in total. The molecule has 4 rings (SSSR count). The van der Waals surface area contributed by atoms with Crippen molar-refractivity contribution < 1.29 is 27.8 Å². The fraction of sp³-hybridized carbons (Fsp3) is 0.364. The van der Waals surface area contributed by atoms with Crippen LogP contribution in [0.5, 0.6) is 0 Å². The molecular weight excluding hydrogens is 492 g/mol. The zero-order valence-corrected chi connectivity index (χ0v) is 19.9. The summed E-state index contributed by atoms with van der Waals surface area (Å²) in [4.78, 5) is 36.5. The van der Waals surface area contributed by atoms with Gasteiger partial charge in [0.05, 0.1) is 30.2 Å². The number of pyridine rings is 1. The maximum absolute atomic E-state index is 13.9. The van der Waals surface area contributed by atoms with Gasteiger partial charge in [-0.1, -0.05) is 5.21 Å². The van der Waals surface area contributed by atoms with Gasteiger partial charge in [0.1, 0.15) is 17.6 Å². The number of anilines is 2. The summed E-state index contributed by atoms with van der Waals surface area (Å²) in [6, 6.07) is 2.95. The number of ether oxygens (including phenoxy) is 2. The zero-order chi connectivity index (χ0) is 26.7. The van der Waals surface area contributed by atoms with Crippen LogP contribution in [0.3, 0.4) is 0 Å². The number of aromatic nitrogens is 6. The van der Waals surface area contributed by atoms with Crippen LogP contribution in [0.1, 0.15) is 31.4 Å². The molecule has 0 bridgehead atoms. The molecule has 3 heterocycles. The van der Waals surface area contributed by atoms with Crippen molar-refractivity contribution in [2.45, 2.75) is 31.5 Å². The summed E-state index contributed by atoms with van der Waals surface area (Å²) in [5.74, 6) is -2.16. The van der Waals surface area contributed by atoms with Gasteiger partial charge in [-0.3, -0.25) is 10.1 Å². The van der Waals surface area contributed by atoms with E-state index in [1.807, 2.05) is 0 Å². The molecule has 37 heavy (non-hydrogen) atoms. The van der Waals surface area contributed by atoms with Gasteiger partial charge in [0.15, 0.2) is 22.9 Å². The molecule has 1 aliphatic carbocycles. The normalized spacial score (nSPS) is 19.3. The fourth-order valence-electron chi connectivity index (χ4n) is 3.71. The number of carbonyl (C=O) groups is 2. The van der Waals surface area contributed by atoms with E-state index < -0.39 is 29.6 Å². The van der Waals surface area contributed by atoms with E-state index in [0.717, 1.165) is 6.07 Å². The summed E-state index contributed by atoms with van der Waals surface area (Å²) in [7, 11) is 2.94. The van der Waals surface area contributed by atoms with Gasteiger partial charge < -0.3 is 14.8 Å². The summed E-state index contributed by atoms with van der Waals surface area (Å²) in [6.45, 7) is 1.36. The topological polar surface area (TPSA) is 170 Å². The predicted octanol–water partition coefficient (Wildman–Crippen LogP) is 2.51.